The summed E-state index contributed by atoms with van der Waals surface area (Å²) in [4.78, 5) is 4.60. The topological polar surface area (TPSA) is 35.9 Å². The Kier molecular flexibility index (Phi) is 10.6. The molecule has 1 aliphatic carbocycles. The number of alkyl halides is 3. The number of para-hydroxylation sites is 1. The molecule has 0 radical (unpaired) electrons. The molecule has 0 amide bonds. The fourth-order valence-electron chi connectivity index (χ4n) is 11.1. The number of benzene rings is 6. The van der Waals surface area contributed by atoms with Gasteiger partial charge in [-0.1, -0.05) is 149 Å². The molecule has 1 aliphatic heterocycles. The van der Waals surface area contributed by atoms with Crippen LogP contribution in [0.1, 0.15) is 133 Å². The van der Waals surface area contributed by atoms with Crippen LogP contribution in [-0.4, -0.2) is 14.1 Å². The molecule has 0 fully saturated rings. The molecular formula is C61H57F3N4OPt-2. The second kappa shape index (κ2) is 15.5. The molecule has 9 aromatic rings. The van der Waals surface area contributed by atoms with Gasteiger partial charge in [0.2, 0.25) is 6.33 Å². The van der Waals surface area contributed by atoms with Crippen molar-refractivity contribution in [2.75, 3.05) is 0 Å². The fourth-order valence-corrected chi connectivity index (χ4v) is 11.1. The molecule has 6 aromatic carbocycles. The van der Waals surface area contributed by atoms with Crippen LogP contribution >= 0.6 is 0 Å². The Morgan fingerprint density at radius 2 is 1.21 bits per heavy atom. The molecule has 3 aromatic heterocycles. The van der Waals surface area contributed by atoms with Gasteiger partial charge >= 0.3 is 6.18 Å². The van der Waals surface area contributed by atoms with E-state index in [1.165, 1.54) is 62.2 Å². The zero-order valence-electron chi connectivity index (χ0n) is 42.0. The predicted octanol–water partition coefficient (Wildman–Crippen LogP) is 15.0. The van der Waals surface area contributed by atoms with E-state index in [1.807, 2.05) is 41.9 Å². The summed E-state index contributed by atoms with van der Waals surface area (Å²) in [5.41, 5.74) is 14.5. The van der Waals surface area contributed by atoms with Crippen molar-refractivity contribution in [3.8, 4) is 34.1 Å². The Balaban J connectivity index is 0.00000567. The quantitative estimate of drug-likeness (QED) is 0.131. The largest absolute Gasteiger partial charge is 0.510 e. The first-order chi connectivity index (χ1) is 32.3. The molecule has 0 atom stereocenters. The minimum atomic E-state index is -4.50. The Hall–Kier alpha value is -5.98. The molecule has 2 aliphatic rings. The number of ether oxygens (including phenoxy) is 1. The number of nitrogens with zero attached hydrogens (tertiary/aromatic N) is 4. The van der Waals surface area contributed by atoms with E-state index in [0.717, 1.165) is 28.4 Å². The van der Waals surface area contributed by atoms with Crippen LogP contribution in [0.5, 0.6) is 11.5 Å². The number of halogens is 3. The summed E-state index contributed by atoms with van der Waals surface area (Å²) in [5.74, 6) is 1.41. The van der Waals surface area contributed by atoms with E-state index in [1.54, 1.807) is 12.3 Å². The molecule has 0 saturated carbocycles. The SMILES string of the molecule is C[n+]1[c-]n2c3c(cccc31)C1(c3ccc(Oc4[c-]c5c(cc4)c4cc(C(F)(F)F)ccc4n5-c4ccccn4)[c-]c3-2)c2c(cc(C(C)(C)C)cc2C(C)(C)C)-c2cc(C(C)(C)C)cc(C(C)(C)C)c21.[Pt]. The van der Waals surface area contributed by atoms with Crippen molar-refractivity contribution in [3.63, 3.8) is 0 Å². The van der Waals surface area contributed by atoms with Crippen LogP contribution in [0.3, 0.4) is 0 Å². The third-order valence-electron chi connectivity index (χ3n) is 14.5. The van der Waals surface area contributed by atoms with Crippen molar-refractivity contribution in [2.24, 2.45) is 7.05 Å². The maximum absolute atomic E-state index is 14.1. The zero-order chi connectivity index (χ0) is 49.1. The van der Waals surface area contributed by atoms with Gasteiger partial charge in [0.1, 0.15) is 5.82 Å². The van der Waals surface area contributed by atoms with Crippen molar-refractivity contribution < 1.29 is 43.5 Å². The second-order valence-electron chi connectivity index (χ2n) is 23.3. The van der Waals surface area contributed by atoms with E-state index in [0.29, 0.717) is 39.1 Å². The molecular weight excluding hydrogens is 1060 g/mol. The van der Waals surface area contributed by atoms with Crippen LogP contribution in [-0.2, 0) is 61.4 Å². The molecule has 11 rings (SSSR count). The van der Waals surface area contributed by atoms with E-state index in [-0.39, 0.29) is 42.7 Å². The molecule has 0 N–H and O–H groups in total. The number of rotatable bonds is 3. The average molecular weight is 1110 g/mol. The molecule has 0 unspecified atom stereocenters. The average Bonchev–Trinajstić information content (AvgIpc) is 3.89. The third-order valence-corrected chi connectivity index (χ3v) is 14.5. The normalized spacial score (nSPS) is 14.3. The van der Waals surface area contributed by atoms with Crippen LogP contribution in [0.15, 0.2) is 109 Å². The Morgan fingerprint density at radius 1 is 0.600 bits per heavy atom. The predicted molar refractivity (Wildman–Crippen MR) is 270 cm³/mol. The van der Waals surface area contributed by atoms with E-state index in [4.69, 9.17) is 4.74 Å². The van der Waals surface area contributed by atoms with Gasteiger partial charge < -0.3 is 18.4 Å². The smallest absolute Gasteiger partial charge is 0.416 e. The first kappa shape index (κ1) is 47.7. The molecule has 4 heterocycles. The fraction of sp³-hybridized carbons (Fsp3) is 0.311. The Labute approximate surface area is 423 Å². The van der Waals surface area contributed by atoms with Crippen molar-refractivity contribution in [2.45, 2.75) is 116 Å². The Bertz CT molecular complexity index is 3540. The molecule has 9 heteroatoms. The minimum absolute atomic E-state index is 0. The number of aromatic nitrogens is 4. The van der Waals surface area contributed by atoms with Crippen molar-refractivity contribution in [3.05, 3.63) is 178 Å². The van der Waals surface area contributed by atoms with Gasteiger partial charge in [-0.05, 0) is 101 Å². The van der Waals surface area contributed by atoms with Gasteiger partial charge in [-0.15, -0.1) is 35.2 Å². The molecule has 70 heavy (non-hydrogen) atoms. The second-order valence-corrected chi connectivity index (χ2v) is 23.3. The minimum Gasteiger partial charge on any atom is -0.510 e. The van der Waals surface area contributed by atoms with Crippen molar-refractivity contribution in [1.29, 1.82) is 0 Å². The van der Waals surface area contributed by atoms with Crippen LogP contribution in [0.25, 0.3) is 55.5 Å². The number of imidazole rings is 1. The van der Waals surface area contributed by atoms with Gasteiger partial charge in [0.15, 0.2) is 0 Å². The molecule has 1 spiro atoms. The van der Waals surface area contributed by atoms with Gasteiger partial charge in [-0.3, -0.25) is 0 Å². The molecule has 5 nitrogen and oxygen atoms in total. The monoisotopic (exact) mass is 1110 g/mol. The van der Waals surface area contributed by atoms with Crippen molar-refractivity contribution in [1.82, 2.24) is 14.1 Å². The molecule has 0 saturated heterocycles. The number of fused-ring (bicyclic) bond motifs is 12. The summed E-state index contributed by atoms with van der Waals surface area (Å²) in [5, 5.41) is 1.05. The van der Waals surface area contributed by atoms with Gasteiger partial charge in [0, 0.05) is 49.7 Å². The van der Waals surface area contributed by atoms with Crippen LogP contribution in [0.4, 0.5) is 13.2 Å². The first-order valence-electron chi connectivity index (χ1n) is 23.8. The maximum Gasteiger partial charge on any atom is 0.416 e. The van der Waals surface area contributed by atoms with Crippen LogP contribution in [0.2, 0.25) is 0 Å². The van der Waals surface area contributed by atoms with E-state index < -0.39 is 17.2 Å². The Morgan fingerprint density at radius 3 is 1.79 bits per heavy atom. The number of aryl methyl sites for hydroxylation is 1. The first-order valence-corrected chi connectivity index (χ1v) is 23.8. The summed E-state index contributed by atoms with van der Waals surface area (Å²) < 4.78 is 55.1. The summed E-state index contributed by atoms with van der Waals surface area (Å²) in [6.07, 6.45) is 0.839. The molecule has 0 bridgehead atoms. The van der Waals surface area contributed by atoms with Crippen molar-refractivity contribution >= 4 is 32.8 Å². The molecule has 360 valence electrons. The van der Waals surface area contributed by atoms with E-state index >= 15 is 0 Å². The zero-order valence-corrected chi connectivity index (χ0v) is 44.3. The summed E-state index contributed by atoms with van der Waals surface area (Å²) in [7, 11) is 2.05. The summed E-state index contributed by atoms with van der Waals surface area (Å²) in [6, 6.07) is 41.0. The number of hydrogen-bond acceptors (Lipinski definition) is 2. The summed E-state index contributed by atoms with van der Waals surface area (Å²) in [6.45, 7) is 27.9. The van der Waals surface area contributed by atoms with Crippen LogP contribution in [0, 0.1) is 18.5 Å². The number of pyridine rings is 1. The van der Waals surface area contributed by atoms with E-state index in [2.05, 4.69) is 164 Å². The van der Waals surface area contributed by atoms with Gasteiger partial charge in [0.25, 0.3) is 0 Å². The third kappa shape index (κ3) is 7.05. The summed E-state index contributed by atoms with van der Waals surface area (Å²) >= 11 is 0. The standard InChI is InChI=1S/C61H57F3N4O.Pt/c1-56(2,3)36-28-42-43-29-37(57(4,5)6)31-47(59(10,11)12)54(43)60(53(42)46(30-36)58(7,8)9)44-24-22-39(33-51(44)67-34-66(13)49-18-16-17-45(60)55(49)67)69-38-21-23-40-41-27-35(61(62,63)64)20-25-48(41)68(50(40)32-38)52-19-14-15-26-65-52;/h14-31H,1-13H3;/q-2;. The van der Waals surface area contributed by atoms with Gasteiger partial charge in [-0.2, -0.15) is 25.3 Å². The van der Waals surface area contributed by atoms with Crippen LogP contribution < -0.4 is 9.30 Å². The van der Waals surface area contributed by atoms with Gasteiger partial charge in [-0.25, -0.2) is 4.98 Å². The van der Waals surface area contributed by atoms with Gasteiger partial charge in [0.05, 0.1) is 23.6 Å². The maximum atomic E-state index is 14.1. The van der Waals surface area contributed by atoms with E-state index in [9.17, 15) is 13.2 Å². The number of hydrogen-bond donors (Lipinski definition) is 0.